The maximum atomic E-state index is 12.4. The van der Waals surface area contributed by atoms with Crippen LogP contribution >= 0.6 is 0 Å². The summed E-state index contributed by atoms with van der Waals surface area (Å²) in [6.07, 6.45) is 3.21. The number of pyridine rings is 1. The van der Waals surface area contributed by atoms with Gasteiger partial charge >= 0.3 is 0 Å². The number of furan rings is 1. The first-order chi connectivity index (χ1) is 11.8. The van der Waals surface area contributed by atoms with Gasteiger partial charge in [-0.05, 0) is 18.2 Å². The van der Waals surface area contributed by atoms with E-state index in [0.29, 0.717) is 31.2 Å². The molecule has 1 N–H and O–H groups in total. The second kappa shape index (κ2) is 7.94. The molecule has 128 valence electrons. The van der Waals surface area contributed by atoms with Crippen molar-refractivity contribution in [2.24, 2.45) is 0 Å². The fraction of sp³-hybridized carbons (Fsp3) is 0.412. The highest BCUT2D eigenvalue weighted by Crippen LogP contribution is 2.22. The van der Waals surface area contributed by atoms with Gasteiger partial charge in [-0.1, -0.05) is 0 Å². The lowest BCUT2D eigenvalue weighted by atomic mass is 10.1. The quantitative estimate of drug-likeness (QED) is 0.864. The van der Waals surface area contributed by atoms with E-state index in [9.17, 15) is 4.79 Å². The number of ether oxygens (including phenoxy) is 2. The summed E-state index contributed by atoms with van der Waals surface area (Å²) < 4.78 is 16.0. The molecule has 1 amide bonds. The van der Waals surface area contributed by atoms with Gasteiger partial charge in [-0.3, -0.25) is 9.69 Å². The normalized spacial score (nSPS) is 16.5. The van der Waals surface area contributed by atoms with Crippen molar-refractivity contribution in [1.82, 2.24) is 15.2 Å². The molecule has 0 aliphatic carbocycles. The molecule has 2 aromatic rings. The summed E-state index contributed by atoms with van der Waals surface area (Å²) in [6, 6.07) is 7.05. The second-order valence-electron chi connectivity index (χ2n) is 5.48. The number of nitrogens with zero attached hydrogens (tertiary/aromatic N) is 2. The maximum Gasteiger partial charge on any atom is 0.251 e. The van der Waals surface area contributed by atoms with Crippen molar-refractivity contribution in [1.29, 1.82) is 0 Å². The summed E-state index contributed by atoms with van der Waals surface area (Å²) in [6.45, 7) is 3.45. The number of amides is 1. The number of aromatic nitrogens is 1. The molecule has 24 heavy (non-hydrogen) atoms. The van der Waals surface area contributed by atoms with E-state index in [2.05, 4.69) is 15.2 Å². The molecule has 3 heterocycles. The number of hydrogen-bond acceptors (Lipinski definition) is 6. The highest BCUT2D eigenvalue weighted by Gasteiger charge is 2.25. The summed E-state index contributed by atoms with van der Waals surface area (Å²) in [5.41, 5.74) is 0.516. The van der Waals surface area contributed by atoms with Gasteiger partial charge in [-0.25, -0.2) is 4.98 Å². The van der Waals surface area contributed by atoms with Gasteiger partial charge in [0.1, 0.15) is 5.76 Å². The third kappa shape index (κ3) is 3.93. The minimum atomic E-state index is -0.166. The molecule has 7 heteroatoms. The lowest BCUT2D eigenvalue weighted by Crippen LogP contribution is -2.43. The van der Waals surface area contributed by atoms with Gasteiger partial charge in [0.15, 0.2) is 0 Å². The van der Waals surface area contributed by atoms with Crippen LogP contribution in [0.15, 0.2) is 41.1 Å². The first-order valence-electron chi connectivity index (χ1n) is 7.91. The van der Waals surface area contributed by atoms with Crippen LogP contribution in [0, 0.1) is 0 Å². The van der Waals surface area contributed by atoms with Gasteiger partial charge in [-0.15, -0.1) is 0 Å². The van der Waals surface area contributed by atoms with Crippen molar-refractivity contribution in [3.8, 4) is 5.88 Å². The smallest absolute Gasteiger partial charge is 0.251 e. The summed E-state index contributed by atoms with van der Waals surface area (Å²) >= 11 is 0. The maximum absolute atomic E-state index is 12.4. The standard InChI is InChI=1S/C17H21N3O4/c1-22-16-11-13(4-5-18-16)17(21)19-12-14(15-3-2-8-24-15)20-6-9-23-10-7-20/h2-5,8,11,14H,6-7,9-10,12H2,1H3,(H,19,21). The van der Waals surface area contributed by atoms with Crippen molar-refractivity contribution in [3.05, 3.63) is 48.0 Å². The van der Waals surface area contributed by atoms with Gasteiger partial charge < -0.3 is 19.2 Å². The number of carbonyl (C=O) groups excluding carboxylic acids is 1. The van der Waals surface area contributed by atoms with Crippen LogP contribution in [-0.2, 0) is 4.74 Å². The van der Waals surface area contributed by atoms with Crippen molar-refractivity contribution < 1.29 is 18.7 Å². The molecule has 0 spiro atoms. The van der Waals surface area contributed by atoms with Crippen LogP contribution in [0.5, 0.6) is 5.88 Å². The second-order valence-corrected chi connectivity index (χ2v) is 5.48. The fourth-order valence-electron chi connectivity index (χ4n) is 2.73. The lowest BCUT2D eigenvalue weighted by Gasteiger charge is -2.33. The van der Waals surface area contributed by atoms with Crippen LogP contribution in [0.25, 0.3) is 0 Å². The van der Waals surface area contributed by atoms with Gasteiger partial charge in [-0.2, -0.15) is 0 Å². The fourth-order valence-corrected chi connectivity index (χ4v) is 2.73. The molecule has 0 saturated carbocycles. The molecule has 0 aromatic carbocycles. The minimum absolute atomic E-state index is 0.0171. The number of hydrogen-bond donors (Lipinski definition) is 1. The zero-order valence-corrected chi connectivity index (χ0v) is 13.6. The van der Waals surface area contributed by atoms with Crippen LogP contribution in [-0.4, -0.2) is 55.7 Å². The third-order valence-electron chi connectivity index (χ3n) is 4.02. The number of morpholine rings is 1. The van der Waals surface area contributed by atoms with Crippen LogP contribution in [0.4, 0.5) is 0 Å². The molecule has 1 atom stereocenters. The van der Waals surface area contributed by atoms with Crippen LogP contribution in [0.2, 0.25) is 0 Å². The topological polar surface area (TPSA) is 76.8 Å². The Morgan fingerprint density at radius 3 is 2.96 bits per heavy atom. The summed E-state index contributed by atoms with van der Waals surface area (Å²) in [4.78, 5) is 18.7. The predicted molar refractivity (Wildman–Crippen MR) is 87.0 cm³/mol. The van der Waals surface area contributed by atoms with E-state index in [1.165, 1.54) is 7.11 Å². The first-order valence-corrected chi connectivity index (χ1v) is 7.91. The highest BCUT2D eigenvalue weighted by atomic mass is 16.5. The van der Waals surface area contributed by atoms with Gasteiger partial charge in [0.2, 0.25) is 5.88 Å². The largest absolute Gasteiger partial charge is 0.481 e. The Kier molecular flexibility index (Phi) is 5.45. The third-order valence-corrected chi connectivity index (χ3v) is 4.02. The molecule has 1 aliphatic rings. The molecule has 1 fully saturated rings. The Balaban J connectivity index is 1.67. The molecular weight excluding hydrogens is 310 g/mol. The van der Waals surface area contributed by atoms with Crippen molar-refractivity contribution in [2.75, 3.05) is 40.0 Å². The minimum Gasteiger partial charge on any atom is -0.481 e. The number of nitrogens with one attached hydrogen (secondary N) is 1. The van der Waals surface area contributed by atoms with Gasteiger partial charge in [0.25, 0.3) is 5.91 Å². The molecule has 2 aromatic heterocycles. The Bertz CT molecular complexity index is 654. The van der Waals surface area contributed by atoms with E-state index in [-0.39, 0.29) is 11.9 Å². The van der Waals surface area contributed by atoms with Crippen molar-refractivity contribution >= 4 is 5.91 Å². The first kappa shape index (κ1) is 16.5. The van der Waals surface area contributed by atoms with E-state index >= 15 is 0 Å². The van der Waals surface area contributed by atoms with E-state index in [0.717, 1.165) is 18.8 Å². The average molecular weight is 331 g/mol. The lowest BCUT2D eigenvalue weighted by molar-refractivity contribution is 0.0118. The molecule has 0 radical (unpaired) electrons. The number of carbonyl (C=O) groups is 1. The zero-order chi connectivity index (χ0) is 16.8. The molecule has 1 saturated heterocycles. The Labute approximate surface area is 140 Å². The molecule has 1 aliphatic heterocycles. The Morgan fingerprint density at radius 2 is 2.25 bits per heavy atom. The van der Waals surface area contributed by atoms with Crippen molar-refractivity contribution in [3.63, 3.8) is 0 Å². The number of methoxy groups -OCH3 is 1. The SMILES string of the molecule is COc1cc(C(=O)NCC(c2ccco2)N2CCOCC2)ccn1. The van der Waals surface area contributed by atoms with Crippen LogP contribution < -0.4 is 10.1 Å². The molecule has 0 bridgehead atoms. The van der Waals surface area contributed by atoms with E-state index < -0.39 is 0 Å². The van der Waals surface area contributed by atoms with E-state index in [1.807, 2.05) is 12.1 Å². The number of rotatable bonds is 6. The average Bonchev–Trinajstić information content (AvgIpc) is 3.17. The van der Waals surface area contributed by atoms with E-state index in [4.69, 9.17) is 13.9 Å². The van der Waals surface area contributed by atoms with Gasteiger partial charge in [0, 0.05) is 37.5 Å². The van der Waals surface area contributed by atoms with Crippen LogP contribution in [0.1, 0.15) is 22.2 Å². The Morgan fingerprint density at radius 1 is 1.42 bits per heavy atom. The van der Waals surface area contributed by atoms with Crippen LogP contribution in [0.3, 0.4) is 0 Å². The predicted octanol–water partition coefficient (Wildman–Crippen LogP) is 1.49. The van der Waals surface area contributed by atoms with Gasteiger partial charge in [0.05, 0.1) is 32.6 Å². The molecular formula is C17H21N3O4. The zero-order valence-electron chi connectivity index (χ0n) is 13.6. The summed E-state index contributed by atoms with van der Waals surface area (Å²) in [5.74, 6) is 1.09. The molecule has 1 unspecified atom stereocenters. The summed E-state index contributed by atoms with van der Waals surface area (Å²) in [5, 5.41) is 2.97. The highest BCUT2D eigenvalue weighted by molar-refractivity contribution is 5.94. The Hall–Kier alpha value is -2.38. The molecule has 3 rings (SSSR count). The molecule has 7 nitrogen and oxygen atoms in total. The summed E-state index contributed by atoms with van der Waals surface area (Å²) in [7, 11) is 1.52. The monoisotopic (exact) mass is 331 g/mol. The van der Waals surface area contributed by atoms with Crippen molar-refractivity contribution in [2.45, 2.75) is 6.04 Å². The van der Waals surface area contributed by atoms with E-state index in [1.54, 1.807) is 24.6 Å².